The van der Waals surface area contributed by atoms with Crippen molar-refractivity contribution in [3.8, 4) is 0 Å². The zero-order valence-corrected chi connectivity index (χ0v) is 10.4. The van der Waals surface area contributed by atoms with Crippen LogP contribution >= 0.6 is 0 Å². The van der Waals surface area contributed by atoms with Gasteiger partial charge in [-0.25, -0.2) is 0 Å². The number of rotatable bonds is 4. The number of hydrogen-bond acceptors (Lipinski definition) is 4. The van der Waals surface area contributed by atoms with Crippen molar-refractivity contribution in [1.82, 2.24) is 0 Å². The van der Waals surface area contributed by atoms with Crippen LogP contribution in [0.2, 0.25) is 0 Å². The maximum Gasteiger partial charge on any atom is 0.491 e. The Balaban J connectivity index is 2.12. The van der Waals surface area contributed by atoms with Gasteiger partial charge in [0.25, 0.3) is 0 Å². The van der Waals surface area contributed by atoms with Crippen LogP contribution in [0.5, 0.6) is 0 Å². The van der Waals surface area contributed by atoms with Crippen molar-refractivity contribution >= 4 is 7.12 Å². The van der Waals surface area contributed by atoms with Crippen molar-refractivity contribution in [2.45, 2.75) is 32.5 Å². The highest BCUT2D eigenvalue weighted by Crippen LogP contribution is 2.32. The zero-order chi connectivity index (χ0) is 13.1. The largest absolute Gasteiger partial charge is 0.491 e. The van der Waals surface area contributed by atoms with Crippen molar-refractivity contribution in [3.05, 3.63) is 47.4 Å². The Bertz CT molecular complexity index is 463. The van der Waals surface area contributed by atoms with Gasteiger partial charge in [0.05, 0.1) is 0 Å². The average molecular weight is 248 g/mol. The summed E-state index contributed by atoms with van der Waals surface area (Å²) in [4.78, 5) is 0. The molecule has 0 aromatic carbocycles. The van der Waals surface area contributed by atoms with E-state index in [1.807, 2.05) is 13.0 Å². The number of furan rings is 1. The Kier molecular flexibility index (Phi) is 4.06. The molecule has 2 heterocycles. The summed E-state index contributed by atoms with van der Waals surface area (Å²) in [7, 11) is -0.959. The molecule has 2 rings (SSSR count). The van der Waals surface area contributed by atoms with E-state index < -0.39 is 7.12 Å². The fourth-order valence-corrected chi connectivity index (χ4v) is 1.98. The van der Waals surface area contributed by atoms with E-state index in [1.54, 1.807) is 12.1 Å². The smallest absolute Gasteiger partial charge is 0.461 e. The summed E-state index contributed by atoms with van der Waals surface area (Å²) >= 11 is 0. The van der Waals surface area contributed by atoms with Crippen LogP contribution in [0.4, 0.5) is 0 Å². The summed E-state index contributed by atoms with van der Waals surface area (Å²) in [6.45, 7) is 5.75. The summed E-state index contributed by atoms with van der Waals surface area (Å²) in [5.41, 5.74) is 1.64. The molecule has 4 nitrogen and oxygen atoms in total. The lowest BCUT2D eigenvalue weighted by molar-refractivity contribution is 0.138. The van der Waals surface area contributed by atoms with Crippen molar-refractivity contribution in [1.29, 1.82) is 0 Å². The van der Waals surface area contributed by atoms with Gasteiger partial charge in [-0.15, -0.1) is 0 Å². The van der Waals surface area contributed by atoms with Crippen LogP contribution in [0, 0.1) is 0 Å². The minimum atomic E-state index is -0.959. The van der Waals surface area contributed by atoms with E-state index in [0.717, 1.165) is 17.5 Å². The molecule has 1 aliphatic heterocycles. The van der Waals surface area contributed by atoms with Crippen LogP contribution in [0.1, 0.15) is 37.4 Å². The van der Waals surface area contributed by atoms with Gasteiger partial charge in [0.15, 0.2) is 0 Å². The third kappa shape index (κ3) is 2.58. The molecular weight excluding hydrogens is 231 g/mol. The standard InChI is InChI=1S/C13H17BO4/c1-3-9(2)11-5-7-13(18-14(11)16)12-6-4-10(8-15)17-12/h4-6,13,15-16H,2-3,7-8H2,1H3. The van der Waals surface area contributed by atoms with Gasteiger partial charge in [0.2, 0.25) is 0 Å². The van der Waals surface area contributed by atoms with E-state index in [1.165, 1.54) is 0 Å². The van der Waals surface area contributed by atoms with Gasteiger partial charge in [-0.3, -0.25) is 0 Å². The predicted octanol–water partition coefficient (Wildman–Crippen LogP) is 2.15. The monoisotopic (exact) mass is 248 g/mol. The van der Waals surface area contributed by atoms with Gasteiger partial charge in [0.1, 0.15) is 24.2 Å². The second-order valence-corrected chi connectivity index (χ2v) is 4.29. The highest BCUT2D eigenvalue weighted by Gasteiger charge is 2.31. The van der Waals surface area contributed by atoms with E-state index in [2.05, 4.69) is 6.58 Å². The van der Waals surface area contributed by atoms with Crippen LogP contribution in [0.15, 0.2) is 40.3 Å². The highest BCUT2D eigenvalue weighted by molar-refractivity contribution is 6.54. The quantitative estimate of drug-likeness (QED) is 0.801. The summed E-state index contributed by atoms with van der Waals surface area (Å²) < 4.78 is 10.9. The minimum absolute atomic E-state index is 0.136. The third-order valence-corrected chi connectivity index (χ3v) is 3.10. The third-order valence-electron chi connectivity index (χ3n) is 3.10. The Morgan fingerprint density at radius 1 is 1.56 bits per heavy atom. The van der Waals surface area contributed by atoms with Crippen molar-refractivity contribution in [3.63, 3.8) is 0 Å². The lowest BCUT2D eigenvalue weighted by Crippen LogP contribution is -2.28. The summed E-state index contributed by atoms with van der Waals surface area (Å²) in [6.07, 6.45) is 3.04. The molecule has 0 fully saturated rings. The Labute approximate surface area is 107 Å². The summed E-state index contributed by atoms with van der Waals surface area (Å²) in [5.74, 6) is 1.12. The first-order valence-corrected chi connectivity index (χ1v) is 6.07. The van der Waals surface area contributed by atoms with Gasteiger partial charge in [-0.2, -0.15) is 0 Å². The van der Waals surface area contributed by atoms with Crippen LogP contribution in [-0.2, 0) is 11.3 Å². The minimum Gasteiger partial charge on any atom is -0.461 e. The molecule has 0 saturated heterocycles. The molecule has 18 heavy (non-hydrogen) atoms. The Morgan fingerprint density at radius 2 is 2.33 bits per heavy atom. The molecule has 1 atom stereocenters. The fourth-order valence-electron chi connectivity index (χ4n) is 1.98. The van der Waals surface area contributed by atoms with E-state index in [4.69, 9.17) is 14.2 Å². The topological polar surface area (TPSA) is 62.8 Å². The number of aliphatic hydroxyl groups is 1. The molecule has 0 bridgehead atoms. The predicted molar refractivity (Wildman–Crippen MR) is 68.6 cm³/mol. The average Bonchev–Trinajstić information content (AvgIpc) is 2.86. The normalized spacial score (nSPS) is 19.8. The van der Waals surface area contributed by atoms with Gasteiger partial charge < -0.3 is 19.2 Å². The molecule has 0 amide bonds. The SMILES string of the molecule is C=C(CC)C1=CCC(c2ccc(CO)o2)OB1O. The van der Waals surface area contributed by atoms with Gasteiger partial charge in [-0.05, 0) is 30.4 Å². The van der Waals surface area contributed by atoms with Crippen molar-refractivity contribution in [2.24, 2.45) is 0 Å². The van der Waals surface area contributed by atoms with E-state index in [9.17, 15) is 5.02 Å². The maximum absolute atomic E-state index is 9.92. The van der Waals surface area contributed by atoms with Crippen LogP contribution in [-0.4, -0.2) is 17.2 Å². The molecule has 0 aliphatic carbocycles. The molecular formula is C13H17BO4. The molecule has 1 aliphatic rings. The second kappa shape index (κ2) is 5.56. The molecule has 0 saturated carbocycles. The first-order chi connectivity index (χ1) is 8.65. The van der Waals surface area contributed by atoms with Gasteiger partial charge in [-0.1, -0.05) is 25.2 Å². The maximum atomic E-state index is 9.92. The second-order valence-electron chi connectivity index (χ2n) is 4.29. The van der Waals surface area contributed by atoms with Gasteiger partial charge in [0, 0.05) is 0 Å². The molecule has 1 aromatic heterocycles. The van der Waals surface area contributed by atoms with Crippen molar-refractivity contribution < 1.29 is 19.2 Å². The number of aliphatic hydroxyl groups excluding tert-OH is 1. The number of allylic oxidation sites excluding steroid dienone is 2. The molecule has 2 N–H and O–H groups in total. The molecule has 5 heteroatoms. The Morgan fingerprint density at radius 3 is 2.89 bits per heavy atom. The van der Waals surface area contributed by atoms with Crippen LogP contribution < -0.4 is 0 Å². The van der Waals surface area contributed by atoms with Crippen LogP contribution in [0.25, 0.3) is 0 Å². The summed E-state index contributed by atoms with van der Waals surface area (Å²) in [5, 5.41) is 18.9. The van der Waals surface area contributed by atoms with E-state index in [-0.39, 0.29) is 12.7 Å². The van der Waals surface area contributed by atoms with Crippen molar-refractivity contribution in [2.75, 3.05) is 0 Å². The number of hydrogen-bond donors (Lipinski definition) is 2. The molecule has 96 valence electrons. The highest BCUT2D eigenvalue weighted by atomic mass is 16.5. The first-order valence-electron chi connectivity index (χ1n) is 6.07. The zero-order valence-electron chi connectivity index (χ0n) is 10.4. The first kappa shape index (κ1) is 13.1. The molecule has 1 aromatic rings. The molecule has 0 radical (unpaired) electrons. The Hall–Kier alpha value is -1.30. The van der Waals surface area contributed by atoms with E-state index in [0.29, 0.717) is 17.9 Å². The van der Waals surface area contributed by atoms with Gasteiger partial charge >= 0.3 is 7.12 Å². The fraction of sp³-hybridized carbons (Fsp3) is 0.385. The molecule has 0 spiro atoms. The molecule has 1 unspecified atom stereocenters. The van der Waals surface area contributed by atoms with Crippen LogP contribution in [0.3, 0.4) is 0 Å². The lowest BCUT2D eigenvalue weighted by Gasteiger charge is -2.24. The lowest BCUT2D eigenvalue weighted by atomic mass is 9.71. The summed E-state index contributed by atoms with van der Waals surface area (Å²) in [6, 6.07) is 3.46. The van der Waals surface area contributed by atoms with E-state index >= 15 is 0 Å².